The summed E-state index contributed by atoms with van der Waals surface area (Å²) in [6.45, 7) is 1.29. The Morgan fingerprint density at radius 3 is 2.50 bits per heavy atom. The van der Waals surface area contributed by atoms with Crippen LogP contribution in [0.4, 0.5) is 17.6 Å². The van der Waals surface area contributed by atoms with Crippen molar-refractivity contribution in [3.05, 3.63) is 29.6 Å². The first-order valence-electron chi connectivity index (χ1n) is 5.46. The zero-order valence-corrected chi connectivity index (χ0v) is 9.80. The fourth-order valence-corrected chi connectivity index (χ4v) is 1.40. The molecule has 1 aromatic rings. The number of alkyl halides is 3. The first kappa shape index (κ1) is 14.8. The summed E-state index contributed by atoms with van der Waals surface area (Å²) in [7, 11) is 0. The second-order valence-electron chi connectivity index (χ2n) is 3.93. The van der Waals surface area contributed by atoms with E-state index < -0.39 is 24.5 Å². The number of aliphatic hydroxyl groups excluding tert-OH is 1. The monoisotopic (exact) mass is 266 g/mol. The Morgan fingerprint density at radius 1 is 1.33 bits per heavy atom. The Morgan fingerprint density at radius 2 is 2.00 bits per heavy atom. The van der Waals surface area contributed by atoms with Crippen LogP contribution >= 0.6 is 0 Å². The van der Waals surface area contributed by atoms with Crippen molar-refractivity contribution in [2.75, 3.05) is 6.61 Å². The van der Waals surface area contributed by atoms with E-state index in [0.29, 0.717) is 0 Å². The molecule has 6 heteroatoms. The summed E-state index contributed by atoms with van der Waals surface area (Å²) in [4.78, 5) is 0. The molecule has 0 aliphatic heterocycles. The predicted octanol–water partition coefficient (Wildman–Crippen LogP) is 3.60. The van der Waals surface area contributed by atoms with Gasteiger partial charge in [-0.05, 0) is 25.5 Å². The largest absolute Gasteiger partial charge is 0.493 e. The van der Waals surface area contributed by atoms with E-state index in [9.17, 15) is 22.7 Å². The summed E-state index contributed by atoms with van der Waals surface area (Å²) < 4.78 is 53.9. The number of rotatable bonds is 5. The first-order valence-corrected chi connectivity index (χ1v) is 5.46. The van der Waals surface area contributed by atoms with Gasteiger partial charge in [0.05, 0.1) is 12.7 Å². The van der Waals surface area contributed by atoms with Crippen LogP contribution in [0.2, 0.25) is 0 Å². The fourth-order valence-electron chi connectivity index (χ4n) is 1.40. The summed E-state index contributed by atoms with van der Waals surface area (Å²) in [5.74, 6) is -0.489. The number of halogens is 4. The van der Waals surface area contributed by atoms with Gasteiger partial charge in [-0.15, -0.1) is 0 Å². The lowest BCUT2D eigenvalue weighted by molar-refractivity contribution is -0.136. The van der Waals surface area contributed by atoms with Crippen LogP contribution in [-0.4, -0.2) is 17.9 Å². The minimum Gasteiger partial charge on any atom is -0.493 e. The van der Waals surface area contributed by atoms with Crippen LogP contribution in [0.15, 0.2) is 18.2 Å². The number of benzene rings is 1. The van der Waals surface area contributed by atoms with Crippen molar-refractivity contribution in [3.8, 4) is 5.75 Å². The highest BCUT2D eigenvalue weighted by Gasteiger charge is 2.26. The molecule has 2 nitrogen and oxygen atoms in total. The van der Waals surface area contributed by atoms with Crippen molar-refractivity contribution in [2.24, 2.45) is 0 Å². The lowest BCUT2D eigenvalue weighted by Crippen LogP contribution is -2.09. The van der Waals surface area contributed by atoms with Crippen molar-refractivity contribution in [1.29, 1.82) is 0 Å². The molecule has 18 heavy (non-hydrogen) atoms. The van der Waals surface area contributed by atoms with E-state index >= 15 is 0 Å². The second-order valence-corrected chi connectivity index (χ2v) is 3.93. The Labute approximate surface area is 102 Å². The highest BCUT2D eigenvalue weighted by atomic mass is 19.4. The smallest absolute Gasteiger partial charge is 0.389 e. The lowest BCUT2D eigenvalue weighted by atomic mass is 10.1. The fraction of sp³-hybridized carbons (Fsp3) is 0.500. The molecule has 1 rings (SSSR count). The van der Waals surface area contributed by atoms with Crippen LogP contribution in [0.25, 0.3) is 0 Å². The van der Waals surface area contributed by atoms with Crippen molar-refractivity contribution < 1.29 is 27.4 Å². The van der Waals surface area contributed by atoms with Gasteiger partial charge in [-0.1, -0.05) is 0 Å². The van der Waals surface area contributed by atoms with E-state index in [-0.39, 0.29) is 24.3 Å². The van der Waals surface area contributed by atoms with Gasteiger partial charge < -0.3 is 9.84 Å². The first-order chi connectivity index (χ1) is 8.29. The molecule has 1 N–H and O–H groups in total. The van der Waals surface area contributed by atoms with Crippen LogP contribution < -0.4 is 4.74 Å². The van der Waals surface area contributed by atoms with Gasteiger partial charge in [0.1, 0.15) is 11.6 Å². The standard InChI is InChI=1S/C12H14F4O2/c1-8(17)10-4-3-9(7-11(10)13)18-6-2-5-12(14,15)16/h3-4,7-8,17H,2,5-6H2,1H3/t8-/m1/s1. The average Bonchev–Trinajstić information content (AvgIpc) is 2.22. The minimum absolute atomic E-state index is 0.123. The summed E-state index contributed by atoms with van der Waals surface area (Å²) in [6.07, 6.45) is -6.25. The van der Waals surface area contributed by atoms with E-state index in [1.165, 1.54) is 19.1 Å². The van der Waals surface area contributed by atoms with Gasteiger partial charge in [-0.2, -0.15) is 13.2 Å². The maximum absolute atomic E-state index is 13.4. The molecule has 0 bridgehead atoms. The summed E-state index contributed by atoms with van der Waals surface area (Å²) in [5.41, 5.74) is 0.123. The van der Waals surface area contributed by atoms with E-state index in [1.807, 2.05) is 0 Å². The molecule has 0 aliphatic rings. The molecule has 1 atom stereocenters. The van der Waals surface area contributed by atoms with E-state index in [2.05, 4.69) is 0 Å². The molecular weight excluding hydrogens is 252 g/mol. The summed E-state index contributed by atoms with van der Waals surface area (Å²) in [5, 5.41) is 9.19. The van der Waals surface area contributed by atoms with Crippen molar-refractivity contribution in [2.45, 2.75) is 32.0 Å². The van der Waals surface area contributed by atoms with Gasteiger partial charge in [0.25, 0.3) is 0 Å². The Bertz CT molecular complexity index is 388. The Balaban J connectivity index is 2.47. The molecule has 0 saturated heterocycles. The maximum Gasteiger partial charge on any atom is 0.389 e. The topological polar surface area (TPSA) is 29.5 Å². The molecule has 0 saturated carbocycles. The second kappa shape index (κ2) is 6.04. The third kappa shape index (κ3) is 4.91. The molecule has 0 spiro atoms. The van der Waals surface area contributed by atoms with Crippen LogP contribution in [0.1, 0.15) is 31.4 Å². The van der Waals surface area contributed by atoms with Crippen LogP contribution in [0.3, 0.4) is 0 Å². The van der Waals surface area contributed by atoms with Crippen molar-refractivity contribution in [3.63, 3.8) is 0 Å². The van der Waals surface area contributed by atoms with Gasteiger partial charge in [0, 0.05) is 18.1 Å². The third-order valence-electron chi connectivity index (χ3n) is 2.30. The molecule has 0 radical (unpaired) electrons. The molecule has 1 aromatic carbocycles. The maximum atomic E-state index is 13.4. The van der Waals surface area contributed by atoms with E-state index in [4.69, 9.17) is 4.74 Å². The highest BCUT2D eigenvalue weighted by molar-refractivity contribution is 5.29. The summed E-state index contributed by atoms with van der Waals surface area (Å²) in [6, 6.07) is 3.81. The molecule has 0 unspecified atom stereocenters. The predicted molar refractivity (Wildman–Crippen MR) is 57.8 cm³/mol. The van der Waals surface area contributed by atoms with E-state index in [0.717, 1.165) is 6.07 Å². The molecule has 102 valence electrons. The Hall–Kier alpha value is -1.30. The number of aliphatic hydroxyl groups is 1. The van der Waals surface area contributed by atoms with Crippen LogP contribution in [0.5, 0.6) is 5.75 Å². The lowest BCUT2D eigenvalue weighted by Gasteiger charge is -2.10. The molecule has 0 aromatic heterocycles. The van der Waals surface area contributed by atoms with Crippen molar-refractivity contribution >= 4 is 0 Å². The van der Waals surface area contributed by atoms with E-state index in [1.54, 1.807) is 0 Å². The zero-order valence-electron chi connectivity index (χ0n) is 9.80. The average molecular weight is 266 g/mol. The Kier molecular flexibility index (Phi) is 4.95. The van der Waals surface area contributed by atoms with Gasteiger partial charge in [0.2, 0.25) is 0 Å². The molecule has 0 aliphatic carbocycles. The van der Waals surface area contributed by atoms with Crippen LogP contribution in [-0.2, 0) is 0 Å². The number of hydrogen-bond acceptors (Lipinski definition) is 2. The van der Waals surface area contributed by atoms with Gasteiger partial charge in [-0.25, -0.2) is 4.39 Å². The van der Waals surface area contributed by atoms with Gasteiger partial charge in [0.15, 0.2) is 0 Å². The number of hydrogen-bond donors (Lipinski definition) is 1. The normalized spacial score (nSPS) is 13.4. The molecule has 0 fully saturated rings. The summed E-state index contributed by atoms with van der Waals surface area (Å²) >= 11 is 0. The molecule has 0 amide bonds. The molecular formula is C12H14F4O2. The third-order valence-corrected chi connectivity index (χ3v) is 2.30. The quantitative estimate of drug-likeness (QED) is 0.651. The molecule has 0 heterocycles. The van der Waals surface area contributed by atoms with Gasteiger partial charge >= 0.3 is 6.18 Å². The zero-order chi connectivity index (χ0) is 13.8. The minimum atomic E-state index is -4.20. The van der Waals surface area contributed by atoms with Crippen LogP contribution in [0, 0.1) is 5.82 Å². The highest BCUT2D eigenvalue weighted by Crippen LogP contribution is 2.23. The SMILES string of the molecule is C[C@@H](O)c1ccc(OCCCC(F)(F)F)cc1F. The van der Waals surface area contributed by atoms with Crippen molar-refractivity contribution in [1.82, 2.24) is 0 Å². The van der Waals surface area contributed by atoms with Gasteiger partial charge in [-0.3, -0.25) is 0 Å². The number of ether oxygens (including phenoxy) is 1.